The topological polar surface area (TPSA) is 3.24 Å². The van der Waals surface area contributed by atoms with Crippen LogP contribution in [-0.4, -0.2) is 18.5 Å². The van der Waals surface area contributed by atoms with Crippen LogP contribution in [0.4, 0.5) is 0 Å². The highest BCUT2D eigenvalue weighted by molar-refractivity contribution is 5.80. The number of allylic oxidation sites excluding steroid dienone is 4. The van der Waals surface area contributed by atoms with Crippen LogP contribution in [-0.2, 0) is 0 Å². The van der Waals surface area contributed by atoms with Gasteiger partial charge < -0.3 is 4.90 Å². The van der Waals surface area contributed by atoms with Crippen LogP contribution in [0.2, 0.25) is 0 Å². The zero-order valence-corrected chi connectivity index (χ0v) is 25.1. The van der Waals surface area contributed by atoms with Gasteiger partial charge >= 0.3 is 0 Å². The van der Waals surface area contributed by atoms with Crippen LogP contribution in [0.25, 0.3) is 28.0 Å². The second-order valence-electron chi connectivity index (χ2n) is 12.1. The van der Waals surface area contributed by atoms with E-state index in [4.69, 9.17) is 0 Å². The molecule has 3 aromatic rings. The average molecular weight is 516 g/mol. The first kappa shape index (κ1) is 28.4. The standard InChI is InChI=1S/C38H45N/c1-10-38(8)25-23-35(32-21-19-30(20-22-32)27(2)3)37(6,7)36(38)24-26-39(9)29(5)33-13-11-12-14-34(33)31-17-15-28(4)16-18-31/h11-24H,2,5,10,25-26H2,1,3-4,6-9H3/b36-24-. The number of likely N-dealkylation sites (N-methyl/N-ethyl adjacent to an activating group) is 1. The molecule has 202 valence electrons. The number of aryl methyl sites for hydroxylation is 1. The summed E-state index contributed by atoms with van der Waals surface area (Å²) >= 11 is 0. The largest absolute Gasteiger partial charge is 0.371 e. The first-order valence-corrected chi connectivity index (χ1v) is 14.2. The monoisotopic (exact) mass is 515 g/mol. The van der Waals surface area contributed by atoms with E-state index in [1.807, 2.05) is 0 Å². The minimum atomic E-state index is -0.0737. The summed E-state index contributed by atoms with van der Waals surface area (Å²) in [5, 5.41) is 0. The number of hydrogen-bond acceptors (Lipinski definition) is 1. The molecule has 1 aliphatic rings. The number of rotatable bonds is 8. The van der Waals surface area contributed by atoms with Gasteiger partial charge in [0.15, 0.2) is 0 Å². The number of nitrogens with zero attached hydrogens (tertiary/aromatic N) is 1. The van der Waals surface area contributed by atoms with Gasteiger partial charge in [0, 0.05) is 30.3 Å². The molecule has 1 atom stereocenters. The zero-order chi connectivity index (χ0) is 28.4. The lowest BCUT2D eigenvalue weighted by atomic mass is 9.58. The molecular weight excluding hydrogens is 470 g/mol. The van der Waals surface area contributed by atoms with Crippen LogP contribution in [0.3, 0.4) is 0 Å². The van der Waals surface area contributed by atoms with Crippen molar-refractivity contribution in [2.75, 3.05) is 13.6 Å². The molecule has 39 heavy (non-hydrogen) atoms. The van der Waals surface area contributed by atoms with Crippen molar-refractivity contribution in [2.45, 2.75) is 54.4 Å². The molecule has 0 saturated carbocycles. The Morgan fingerprint density at radius 1 is 0.897 bits per heavy atom. The Labute approximate surface area is 237 Å². The first-order valence-electron chi connectivity index (χ1n) is 14.2. The molecule has 0 heterocycles. The van der Waals surface area contributed by atoms with Gasteiger partial charge in [0.1, 0.15) is 0 Å². The normalized spacial score (nSPS) is 19.5. The summed E-state index contributed by atoms with van der Waals surface area (Å²) in [5.74, 6) is 0. The van der Waals surface area contributed by atoms with E-state index >= 15 is 0 Å². The van der Waals surface area contributed by atoms with E-state index < -0.39 is 0 Å². The highest BCUT2D eigenvalue weighted by Gasteiger charge is 2.42. The molecule has 0 N–H and O–H groups in total. The van der Waals surface area contributed by atoms with Crippen molar-refractivity contribution in [1.82, 2.24) is 4.90 Å². The first-order chi connectivity index (χ1) is 18.5. The summed E-state index contributed by atoms with van der Waals surface area (Å²) in [6, 6.07) is 26.3. The third-order valence-electron chi connectivity index (χ3n) is 8.85. The predicted octanol–water partition coefficient (Wildman–Crippen LogP) is 10.5. The van der Waals surface area contributed by atoms with Crippen LogP contribution in [0, 0.1) is 17.8 Å². The Kier molecular flexibility index (Phi) is 8.21. The molecule has 0 spiro atoms. The van der Waals surface area contributed by atoms with Crippen molar-refractivity contribution in [3.8, 4) is 11.1 Å². The minimum absolute atomic E-state index is 0.0737. The minimum Gasteiger partial charge on any atom is -0.371 e. The molecule has 3 aromatic carbocycles. The van der Waals surface area contributed by atoms with Crippen LogP contribution in [0.15, 0.2) is 104 Å². The Morgan fingerprint density at radius 3 is 2.13 bits per heavy atom. The van der Waals surface area contributed by atoms with Gasteiger partial charge in [0.2, 0.25) is 0 Å². The molecule has 1 nitrogen and oxygen atoms in total. The van der Waals surface area contributed by atoms with E-state index in [0.29, 0.717) is 0 Å². The molecule has 0 aliphatic heterocycles. The van der Waals surface area contributed by atoms with Crippen LogP contribution < -0.4 is 0 Å². The summed E-state index contributed by atoms with van der Waals surface area (Å²) in [6.07, 6.45) is 7.13. The van der Waals surface area contributed by atoms with Gasteiger partial charge in [-0.1, -0.05) is 143 Å². The summed E-state index contributed by atoms with van der Waals surface area (Å²) in [4.78, 5) is 2.30. The second kappa shape index (κ2) is 11.3. The SMILES string of the molecule is C=C(C)c1ccc(C2=CCC(C)(CC)/C(=C\CN(C)C(=C)c3ccccc3-c3ccc(C)cc3)C2(C)C)cc1. The molecule has 1 unspecified atom stereocenters. The lowest BCUT2D eigenvalue weighted by molar-refractivity contribution is 0.308. The number of benzene rings is 3. The summed E-state index contributed by atoms with van der Waals surface area (Å²) < 4.78 is 0. The van der Waals surface area contributed by atoms with Gasteiger partial charge in [-0.05, 0) is 59.9 Å². The molecule has 0 amide bonds. The molecule has 0 saturated heterocycles. The van der Waals surface area contributed by atoms with Gasteiger partial charge in [-0.2, -0.15) is 0 Å². The Hall–Kier alpha value is -3.58. The number of hydrogen-bond donors (Lipinski definition) is 0. The lowest BCUT2D eigenvalue weighted by Crippen LogP contribution is -2.34. The summed E-state index contributed by atoms with van der Waals surface area (Å²) in [6.45, 7) is 23.2. The molecule has 4 rings (SSSR count). The fourth-order valence-corrected chi connectivity index (χ4v) is 6.10. The highest BCUT2D eigenvalue weighted by atomic mass is 15.1. The second-order valence-corrected chi connectivity index (χ2v) is 12.1. The fraction of sp³-hybridized carbons (Fsp3) is 0.316. The highest BCUT2D eigenvalue weighted by Crippen LogP contribution is 2.55. The quantitative estimate of drug-likeness (QED) is 0.270. The van der Waals surface area contributed by atoms with E-state index in [1.54, 1.807) is 0 Å². The van der Waals surface area contributed by atoms with Crippen molar-refractivity contribution in [3.05, 3.63) is 126 Å². The van der Waals surface area contributed by atoms with Gasteiger partial charge in [-0.15, -0.1) is 0 Å². The molecular formula is C38H45N. The zero-order valence-electron chi connectivity index (χ0n) is 25.1. The molecule has 0 radical (unpaired) electrons. The van der Waals surface area contributed by atoms with Gasteiger partial charge in [-0.25, -0.2) is 0 Å². The maximum atomic E-state index is 4.55. The Bertz CT molecular complexity index is 1410. The third-order valence-corrected chi connectivity index (χ3v) is 8.85. The van der Waals surface area contributed by atoms with E-state index in [9.17, 15) is 0 Å². The van der Waals surface area contributed by atoms with Crippen molar-refractivity contribution in [3.63, 3.8) is 0 Å². The third kappa shape index (κ3) is 5.74. The van der Waals surface area contributed by atoms with E-state index in [2.05, 4.69) is 152 Å². The Morgan fingerprint density at radius 2 is 1.51 bits per heavy atom. The Balaban J connectivity index is 1.64. The van der Waals surface area contributed by atoms with Crippen molar-refractivity contribution < 1.29 is 0 Å². The van der Waals surface area contributed by atoms with Crippen LogP contribution in [0.1, 0.15) is 69.7 Å². The summed E-state index contributed by atoms with van der Waals surface area (Å²) in [5.41, 5.74) is 12.5. The fourth-order valence-electron chi connectivity index (χ4n) is 6.10. The molecule has 0 bridgehead atoms. The maximum absolute atomic E-state index is 4.55. The van der Waals surface area contributed by atoms with Gasteiger partial charge in [0.05, 0.1) is 0 Å². The van der Waals surface area contributed by atoms with Crippen molar-refractivity contribution >= 4 is 16.8 Å². The lowest BCUT2D eigenvalue weighted by Gasteiger charge is -2.46. The molecule has 0 aromatic heterocycles. The molecule has 0 fully saturated rings. The van der Waals surface area contributed by atoms with E-state index in [0.717, 1.165) is 30.7 Å². The van der Waals surface area contributed by atoms with Crippen molar-refractivity contribution in [1.29, 1.82) is 0 Å². The van der Waals surface area contributed by atoms with Crippen molar-refractivity contribution in [2.24, 2.45) is 10.8 Å². The van der Waals surface area contributed by atoms with E-state index in [1.165, 1.54) is 44.5 Å². The summed E-state index contributed by atoms with van der Waals surface area (Å²) in [7, 11) is 2.16. The maximum Gasteiger partial charge on any atom is 0.0373 e. The average Bonchev–Trinajstić information content (AvgIpc) is 2.92. The van der Waals surface area contributed by atoms with Crippen LogP contribution >= 0.6 is 0 Å². The molecule has 1 aliphatic carbocycles. The molecule has 1 heteroatoms. The van der Waals surface area contributed by atoms with E-state index in [-0.39, 0.29) is 10.8 Å². The smallest absolute Gasteiger partial charge is 0.0373 e. The van der Waals surface area contributed by atoms with Crippen LogP contribution in [0.5, 0.6) is 0 Å². The van der Waals surface area contributed by atoms with Gasteiger partial charge in [-0.3, -0.25) is 0 Å². The predicted molar refractivity (Wildman–Crippen MR) is 172 cm³/mol. The van der Waals surface area contributed by atoms with Gasteiger partial charge in [0.25, 0.3) is 0 Å².